The summed E-state index contributed by atoms with van der Waals surface area (Å²) in [6.45, 7) is 2.29. The van der Waals surface area contributed by atoms with E-state index in [0.29, 0.717) is 35.5 Å². The number of urea groups is 1. The quantitative estimate of drug-likeness (QED) is 0.288. The zero-order valence-corrected chi connectivity index (χ0v) is 19.6. The fraction of sp³-hybridized carbons (Fsp3) is 0.143. The van der Waals surface area contributed by atoms with Crippen molar-refractivity contribution in [2.45, 2.75) is 13.3 Å². The van der Waals surface area contributed by atoms with Crippen molar-refractivity contribution in [3.8, 4) is 11.5 Å². The van der Waals surface area contributed by atoms with Crippen LogP contribution in [0.3, 0.4) is 0 Å². The largest absolute Gasteiger partial charge is 0.506 e. The van der Waals surface area contributed by atoms with Gasteiger partial charge < -0.3 is 25.8 Å². The van der Waals surface area contributed by atoms with Gasteiger partial charge >= 0.3 is 6.03 Å². The molecule has 4 rings (SSSR count). The molecule has 4 aromatic carbocycles. The lowest BCUT2D eigenvalue weighted by atomic mass is 10.0. The van der Waals surface area contributed by atoms with Gasteiger partial charge in [-0.25, -0.2) is 4.79 Å². The molecule has 4 N–H and O–H groups in total. The Kier molecular flexibility index (Phi) is 7.16. The van der Waals surface area contributed by atoms with E-state index in [4.69, 9.17) is 4.74 Å². The average molecular weight is 470 g/mol. The summed E-state index contributed by atoms with van der Waals surface area (Å²) in [6.07, 6.45) is 0.484. The van der Waals surface area contributed by atoms with Crippen LogP contribution in [-0.4, -0.2) is 30.7 Å². The Bertz CT molecular complexity index is 1370. The summed E-state index contributed by atoms with van der Waals surface area (Å²) < 4.78 is 5.41. The molecule has 0 radical (unpaired) electrons. The van der Waals surface area contributed by atoms with Gasteiger partial charge in [0.15, 0.2) is 0 Å². The number of carbonyl (C=O) groups is 2. The van der Waals surface area contributed by atoms with Crippen LogP contribution < -0.4 is 20.7 Å². The van der Waals surface area contributed by atoms with Crippen molar-refractivity contribution in [3.63, 3.8) is 0 Å². The molecule has 0 aliphatic heterocycles. The number of amides is 3. The van der Waals surface area contributed by atoms with Crippen molar-refractivity contribution in [1.29, 1.82) is 0 Å². The number of phenols is 1. The van der Waals surface area contributed by atoms with Crippen molar-refractivity contribution in [1.82, 2.24) is 5.32 Å². The van der Waals surface area contributed by atoms with Gasteiger partial charge in [0.1, 0.15) is 11.5 Å². The minimum Gasteiger partial charge on any atom is -0.506 e. The normalized spacial score (nSPS) is 10.6. The monoisotopic (exact) mass is 469 g/mol. The number of ether oxygens (including phenoxy) is 1. The fourth-order valence-corrected chi connectivity index (χ4v) is 3.86. The number of methoxy groups -OCH3 is 1. The highest BCUT2D eigenvalue weighted by atomic mass is 16.5. The van der Waals surface area contributed by atoms with Crippen LogP contribution in [0.2, 0.25) is 0 Å². The van der Waals surface area contributed by atoms with Crippen molar-refractivity contribution >= 4 is 34.1 Å². The van der Waals surface area contributed by atoms with E-state index in [1.54, 1.807) is 12.1 Å². The number of anilines is 2. The van der Waals surface area contributed by atoms with Gasteiger partial charge in [0, 0.05) is 28.7 Å². The molecule has 0 aliphatic carbocycles. The van der Waals surface area contributed by atoms with E-state index < -0.39 is 5.91 Å². The van der Waals surface area contributed by atoms with E-state index in [9.17, 15) is 14.7 Å². The third kappa shape index (κ3) is 5.52. The van der Waals surface area contributed by atoms with E-state index in [2.05, 4.69) is 16.0 Å². The summed E-state index contributed by atoms with van der Waals surface area (Å²) >= 11 is 0. The highest BCUT2D eigenvalue weighted by Crippen LogP contribution is 2.35. The number of hydrogen-bond acceptors (Lipinski definition) is 4. The Hall–Kier alpha value is -4.52. The van der Waals surface area contributed by atoms with Crippen molar-refractivity contribution in [3.05, 3.63) is 95.6 Å². The second-order valence-electron chi connectivity index (χ2n) is 8.13. The first-order chi connectivity index (χ1) is 17.0. The number of rotatable bonds is 7. The van der Waals surface area contributed by atoms with Crippen LogP contribution in [0.5, 0.6) is 11.5 Å². The molecule has 178 valence electrons. The number of para-hydroxylation sites is 1. The third-order valence-electron chi connectivity index (χ3n) is 5.70. The molecule has 7 heteroatoms. The molecule has 0 aliphatic rings. The Morgan fingerprint density at radius 3 is 2.31 bits per heavy atom. The van der Waals surface area contributed by atoms with Crippen LogP contribution in [0.25, 0.3) is 10.8 Å². The highest BCUT2D eigenvalue weighted by molar-refractivity contribution is 6.06. The Morgan fingerprint density at radius 1 is 0.886 bits per heavy atom. The molecule has 0 aromatic heterocycles. The molecule has 0 fully saturated rings. The lowest BCUT2D eigenvalue weighted by molar-refractivity contribution is 0.0951. The second-order valence-corrected chi connectivity index (χ2v) is 8.13. The van der Waals surface area contributed by atoms with E-state index >= 15 is 0 Å². The molecule has 0 saturated carbocycles. The van der Waals surface area contributed by atoms with Gasteiger partial charge in [-0.05, 0) is 43.2 Å². The van der Waals surface area contributed by atoms with E-state index in [0.717, 1.165) is 16.5 Å². The van der Waals surface area contributed by atoms with Crippen molar-refractivity contribution in [2.75, 3.05) is 24.3 Å². The predicted octanol–water partition coefficient (Wildman–Crippen LogP) is 5.48. The lowest BCUT2D eigenvalue weighted by Crippen LogP contribution is -2.26. The molecule has 0 heterocycles. The number of aromatic hydroxyl groups is 1. The van der Waals surface area contributed by atoms with Crippen molar-refractivity contribution in [2.24, 2.45) is 0 Å². The first-order valence-electron chi connectivity index (χ1n) is 11.3. The number of hydrogen-bond donors (Lipinski definition) is 4. The van der Waals surface area contributed by atoms with E-state index in [1.165, 1.54) is 13.2 Å². The molecular formula is C28H27N3O4. The Morgan fingerprint density at radius 2 is 1.57 bits per heavy atom. The van der Waals surface area contributed by atoms with Crippen molar-refractivity contribution < 1.29 is 19.4 Å². The van der Waals surface area contributed by atoms with Crippen LogP contribution in [0.15, 0.2) is 78.9 Å². The van der Waals surface area contributed by atoms with E-state index in [-0.39, 0.29) is 17.3 Å². The molecule has 0 saturated heterocycles. The summed E-state index contributed by atoms with van der Waals surface area (Å²) in [4.78, 5) is 25.3. The number of carbonyl (C=O) groups excluding carboxylic acids is 2. The van der Waals surface area contributed by atoms with Crippen LogP contribution in [-0.2, 0) is 6.42 Å². The Labute approximate surface area is 203 Å². The van der Waals surface area contributed by atoms with Gasteiger partial charge in [-0.3, -0.25) is 4.79 Å². The summed E-state index contributed by atoms with van der Waals surface area (Å²) in [5, 5.41) is 20.5. The third-order valence-corrected chi connectivity index (χ3v) is 5.70. The van der Waals surface area contributed by atoms with Gasteiger partial charge in [0.2, 0.25) is 0 Å². The average Bonchev–Trinajstić information content (AvgIpc) is 2.87. The predicted molar refractivity (Wildman–Crippen MR) is 138 cm³/mol. The molecule has 0 spiro atoms. The summed E-state index contributed by atoms with van der Waals surface area (Å²) in [5.74, 6) is 0.0144. The lowest BCUT2D eigenvalue weighted by Gasteiger charge is -2.14. The van der Waals surface area contributed by atoms with Gasteiger partial charge in [-0.15, -0.1) is 0 Å². The van der Waals surface area contributed by atoms with Crippen LogP contribution in [0.4, 0.5) is 16.2 Å². The smallest absolute Gasteiger partial charge is 0.323 e. The molecule has 35 heavy (non-hydrogen) atoms. The number of phenolic OH excluding ortho intramolecular Hbond substituents is 1. The molecule has 0 atom stereocenters. The van der Waals surface area contributed by atoms with Crippen LogP contribution in [0, 0.1) is 6.92 Å². The fourth-order valence-electron chi connectivity index (χ4n) is 3.86. The maximum Gasteiger partial charge on any atom is 0.323 e. The van der Waals surface area contributed by atoms with E-state index in [1.807, 2.05) is 67.6 Å². The summed E-state index contributed by atoms with van der Waals surface area (Å²) in [7, 11) is 1.53. The Balaban J connectivity index is 1.41. The summed E-state index contributed by atoms with van der Waals surface area (Å²) in [5.41, 5.74) is 3.47. The van der Waals surface area contributed by atoms with Crippen LogP contribution in [0.1, 0.15) is 21.5 Å². The zero-order chi connectivity index (χ0) is 24.8. The van der Waals surface area contributed by atoms with Crippen LogP contribution >= 0.6 is 0 Å². The molecule has 3 amide bonds. The molecule has 0 unspecified atom stereocenters. The first-order valence-corrected chi connectivity index (χ1v) is 11.3. The SMILES string of the molecule is COc1cc(C(=O)NCCc2ccccc2NC(=O)Nc2ccc(C)cc2)c(O)c2ccccc12. The molecule has 7 nitrogen and oxygen atoms in total. The maximum absolute atomic E-state index is 12.9. The summed E-state index contributed by atoms with van der Waals surface area (Å²) in [6, 6.07) is 23.3. The number of nitrogens with one attached hydrogen (secondary N) is 3. The first kappa shape index (κ1) is 23.6. The topological polar surface area (TPSA) is 99.7 Å². The standard InChI is InChI=1S/C28H27N3O4/c1-18-11-13-20(14-12-18)30-28(34)31-24-10-6-3-7-19(24)15-16-29-27(33)23-17-25(35-2)21-8-4-5-9-22(21)26(23)32/h3-14,17,32H,15-16H2,1-2H3,(H,29,33)(H2,30,31,34). The highest BCUT2D eigenvalue weighted by Gasteiger charge is 2.17. The zero-order valence-electron chi connectivity index (χ0n) is 19.6. The number of aryl methyl sites for hydroxylation is 1. The second kappa shape index (κ2) is 10.6. The van der Waals surface area contributed by atoms with Gasteiger partial charge in [-0.1, -0.05) is 60.2 Å². The number of fused-ring (bicyclic) bond motifs is 1. The molecule has 4 aromatic rings. The maximum atomic E-state index is 12.9. The number of benzene rings is 4. The minimum absolute atomic E-state index is 0.0891. The molecular weight excluding hydrogens is 442 g/mol. The van der Waals surface area contributed by atoms with Gasteiger partial charge in [0.25, 0.3) is 5.91 Å². The van der Waals surface area contributed by atoms with Gasteiger partial charge in [0.05, 0.1) is 12.7 Å². The molecule has 0 bridgehead atoms. The minimum atomic E-state index is -0.408. The van der Waals surface area contributed by atoms with Gasteiger partial charge in [-0.2, -0.15) is 0 Å².